The minimum atomic E-state index is 0. The molecule has 3 nitrogen and oxygen atoms in total. The Kier molecular flexibility index (Phi) is 6.20. The van der Waals surface area contributed by atoms with Crippen LogP contribution in [-0.2, 0) is 6.54 Å². The molecule has 2 atom stereocenters. The molecule has 0 aromatic carbocycles. The van der Waals surface area contributed by atoms with E-state index in [0.717, 1.165) is 18.1 Å². The number of hydrogen-bond donors (Lipinski definition) is 1. The molecule has 6 heteroatoms. The second kappa shape index (κ2) is 7.70. The Bertz CT molecular complexity index is 539. The number of halogens is 1. The second-order valence-corrected chi connectivity index (χ2v) is 7.19. The highest BCUT2D eigenvalue weighted by Crippen LogP contribution is 2.27. The summed E-state index contributed by atoms with van der Waals surface area (Å²) >= 11 is 3.47. The summed E-state index contributed by atoms with van der Waals surface area (Å²) in [5.74, 6) is 0. The molecule has 0 radical (unpaired) electrons. The average Bonchev–Trinajstić information content (AvgIpc) is 3.09. The third kappa shape index (κ3) is 4.05. The first-order valence-electron chi connectivity index (χ1n) is 7.20. The molecular weight excluding hydrogens is 322 g/mol. The fourth-order valence-electron chi connectivity index (χ4n) is 2.91. The fraction of sp³-hybridized carbons (Fsp3) is 0.533. The maximum absolute atomic E-state index is 6.14. The van der Waals surface area contributed by atoms with Crippen molar-refractivity contribution in [1.82, 2.24) is 9.88 Å². The number of nitrogens with two attached hydrogens (primary N) is 1. The zero-order chi connectivity index (χ0) is 13.9. The summed E-state index contributed by atoms with van der Waals surface area (Å²) in [6.45, 7) is 4.21. The monoisotopic (exact) mass is 343 g/mol. The lowest BCUT2D eigenvalue weighted by molar-refractivity contribution is 0.122. The first kappa shape index (κ1) is 16.9. The molecule has 2 aromatic heterocycles. The molecule has 0 amide bonds. The molecule has 2 aromatic rings. The summed E-state index contributed by atoms with van der Waals surface area (Å²) in [6, 6.07) is 2.89. The van der Waals surface area contributed by atoms with Gasteiger partial charge in [0.15, 0.2) is 0 Å². The van der Waals surface area contributed by atoms with Crippen molar-refractivity contribution in [2.75, 3.05) is 6.54 Å². The summed E-state index contributed by atoms with van der Waals surface area (Å²) < 4.78 is 0. The average molecular weight is 344 g/mol. The topological polar surface area (TPSA) is 42.1 Å². The zero-order valence-electron chi connectivity index (χ0n) is 12.2. The van der Waals surface area contributed by atoms with Gasteiger partial charge < -0.3 is 5.73 Å². The maximum Gasteiger partial charge on any atom is 0.124 e. The largest absolute Gasteiger partial charge is 0.327 e. The molecule has 116 valence electrons. The Morgan fingerprint density at radius 1 is 1.43 bits per heavy atom. The smallest absolute Gasteiger partial charge is 0.124 e. The summed E-state index contributed by atoms with van der Waals surface area (Å²) in [5, 5.41) is 7.59. The Balaban J connectivity index is 0.00000161. The Labute approximate surface area is 140 Å². The van der Waals surface area contributed by atoms with Crippen LogP contribution in [0.5, 0.6) is 0 Å². The number of nitrogens with zero attached hydrogens (tertiary/aromatic N) is 2. The van der Waals surface area contributed by atoms with Crippen LogP contribution in [0.2, 0.25) is 0 Å². The van der Waals surface area contributed by atoms with Gasteiger partial charge in [-0.1, -0.05) is 6.42 Å². The lowest BCUT2D eigenvalue weighted by Crippen LogP contribution is -2.48. The van der Waals surface area contributed by atoms with Gasteiger partial charge in [0, 0.05) is 35.0 Å². The quantitative estimate of drug-likeness (QED) is 0.912. The molecule has 1 aliphatic heterocycles. The number of aromatic nitrogens is 1. The molecular formula is C15H22ClN3S2. The van der Waals surface area contributed by atoms with Gasteiger partial charge in [-0.25, -0.2) is 4.98 Å². The van der Waals surface area contributed by atoms with Crippen LogP contribution >= 0.6 is 35.1 Å². The van der Waals surface area contributed by atoms with Crippen molar-refractivity contribution in [1.29, 1.82) is 0 Å². The van der Waals surface area contributed by atoms with E-state index in [1.807, 2.05) is 0 Å². The van der Waals surface area contributed by atoms with E-state index in [1.54, 1.807) is 22.7 Å². The van der Waals surface area contributed by atoms with E-state index >= 15 is 0 Å². The molecule has 3 rings (SSSR count). The SMILES string of the molecule is CC(N)C1CCCCN1Cc1csc(-c2ccsc2)n1.Cl. The molecule has 1 aliphatic rings. The first-order valence-corrected chi connectivity index (χ1v) is 9.03. The second-order valence-electron chi connectivity index (χ2n) is 5.55. The number of thiophene rings is 1. The van der Waals surface area contributed by atoms with E-state index in [1.165, 1.54) is 30.5 Å². The third-order valence-corrected chi connectivity index (χ3v) is 5.58. The van der Waals surface area contributed by atoms with Crippen LogP contribution in [0.25, 0.3) is 10.6 Å². The Morgan fingerprint density at radius 2 is 2.29 bits per heavy atom. The van der Waals surface area contributed by atoms with Crippen molar-refractivity contribution in [2.45, 2.75) is 44.8 Å². The fourth-order valence-corrected chi connectivity index (χ4v) is 4.44. The van der Waals surface area contributed by atoms with E-state index in [9.17, 15) is 0 Å². The maximum atomic E-state index is 6.14. The van der Waals surface area contributed by atoms with Crippen molar-refractivity contribution >= 4 is 35.1 Å². The van der Waals surface area contributed by atoms with Crippen LogP contribution in [0.15, 0.2) is 22.2 Å². The third-order valence-electron chi connectivity index (χ3n) is 3.96. The first-order chi connectivity index (χ1) is 9.74. The van der Waals surface area contributed by atoms with E-state index in [0.29, 0.717) is 6.04 Å². The highest BCUT2D eigenvalue weighted by atomic mass is 35.5. The standard InChI is InChI=1S/C15H21N3S2.ClH/c1-11(16)14-4-2-3-6-18(14)8-13-10-20-15(17-13)12-5-7-19-9-12;/h5,7,9-11,14H,2-4,6,8,16H2,1H3;1H. The highest BCUT2D eigenvalue weighted by Gasteiger charge is 2.25. The number of piperidine rings is 1. The van der Waals surface area contributed by atoms with Gasteiger partial charge in [0.2, 0.25) is 0 Å². The van der Waals surface area contributed by atoms with Crippen LogP contribution in [0, 0.1) is 0 Å². The molecule has 3 heterocycles. The van der Waals surface area contributed by atoms with Crippen LogP contribution < -0.4 is 5.73 Å². The van der Waals surface area contributed by atoms with Gasteiger partial charge in [-0.05, 0) is 37.8 Å². The lowest BCUT2D eigenvalue weighted by Gasteiger charge is -2.37. The summed E-state index contributed by atoms with van der Waals surface area (Å²) in [5.41, 5.74) is 8.56. The van der Waals surface area contributed by atoms with E-state index in [-0.39, 0.29) is 18.4 Å². The minimum Gasteiger partial charge on any atom is -0.327 e. The van der Waals surface area contributed by atoms with Crippen molar-refractivity contribution in [3.63, 3.8) is 0 Å². The van der Waals surface area contributed by atoms with Crippen molar-refractivity contribution in [2.24, 2.45) is 5.73 Å². The molecule has 1 saturated heterocycles. The molecule has 0 saturated carbocycles. The number of rotatable bonds is 4. The van der Waals surface area contributed by atoms with Crippen molar-refractivity contribution in [3.8, 4) is 10.6 Å². The van der Waals surface area contributed by atoms with E-state index < -0.39 is 0 Å². The van der Waals surface area contributed by atoms with Crippen LogP contribution in [0.4, 0.5) is 0 Å². The predicted molar refractivity (Wildman–Crippen MR) is 94.4 cm³/mol. The summed E-state index contributed by atoms with van der Waals surface area (Å²) in [4.78, 5) is 7.30. The molecule has 21 heavy (non-hydrogen) atoms. The van der Waals surface area contributed by atoms with Crippen molar-refractivity contribution in [3.05, 3.63) is 27.9 Å². The zero-order valence-corrected chi connectivity index (χ0v) is 14.6. The predicted octanol–water partition coefficient (Wildman–Crippen LogP) is 4.00. The van der Waals surface area contributed by atoms with Gasteiger partial charge in [0.1, 0.15) is 5.01 Å². The molecule has 2 N–H and O–H groups in total. The van der Waals surface area contributed by atoms with Crippen molar-refractivity contribution < 1.29 is 0 Å². The number of thiazole rings is 1. The van der Waals surface area contributed by atoms with Crippen LogP contribution in [-0.4, -0.2) is 28.5 Å². The molecule has 2 unspecified atom stereocenters. The Morgan fingerprint density at radius 3 is 3.00 bits per heavy atom. The van der Waals surface area contributed by atoms with Gasteiger partial charge in [-0.2, -0.15) is 11.3 Å². The van der Waals surface area contributed by atoms with Gasteiger partial charge in [-0.3, -0.25) is 4.90 Å². The Hall–Kier alpha value is -0.460. The lowest BCUT2D eigenvalue weighted by atomic mass is 9.97. The number of likely N-dealkylation sites (tertiary alicyclic amines) is 1. The van der Waals surface area contributed by atoms with E-state index in [4.69, 9.17) is 10.7 Å². The molecule has 0 aliphatic carbocycles. The normalized spacial score (nSPS) is 21.0. The highest BCUT2D eigenvalue weighted by molar-refractivity contribution is 7.14. The number of hydrogen-bond acceptors (Lipinski definition) is 5. The van der Waals surface area contributed by atoms with Crippen LogP contribution in [0.3, 0.4) is 0 Å². The van der Waals surface area contributed by atoms with Gasteiger partial charge in [0.05, 0.1) is 5.69 Å². The molecule has 1 fully saturated rings. The van der Waals surface area contributed by atoms with Gasteiger partial charge in [-0.15, -0.1) is 23.7 Å². The molecule has 0 bridgehead atoms. The van der Waals surface area contributed by atoms with Gasteiger partial charge >= 0.3 is 0 Å². The summed E-state index contributed by atoms with van der Waals surface area (Å²) in [7, 11) is 0. The van der Waals surface area contributed by atoms with Crippen LogP contribution in [0.1, 0.15) is 31.9 Å². The molecule has 0 spiro atoms. The van der Waals surface area contributed by atoms with Gasteiger partial charge in [0.25, 0.3) is 0 Å². The summed E-state index contributed by atoms with van der Waals surface area (Å²) in [6.07, 6.45) is 3.81. The van der Waals surface area contributed by atoms with E-state index in [2.05, 4.69) is 34.0 Å². The minimum absolute atomic E-state index is 0.